The average Bonchev–Trinajstić information content (AvgIpc) is 3.48. The maximum atomic E-state index is 10.7. The minimum atomic E-state index is -0.0141. The molecule has 4 rings (SSSR count). The second-order valence-corrected chi connectivity index (χ2v) is 9.18. The number of H-pyrrole nitrogens is 1. The van der Waals surface area contributed by atoms with Crippen LogP contribution in [-0.2, 0) is 0 Å². The molecule has 202 valence electrons. The highest BCUT2D eigenvalue weighted by Crippen LogP contribution is 2.32. The fraction of sp³-hybridized carbons (Fsp3) is 0.281. The topological polar surface area (TPSA) is 97.1 Å². The molecule has 4 aromatic rings. The zero-order chi connectivity index (χ0) is 28.0. The summed E-state index contributed by atoms with van der Waals surface area (Å²) in [7, 11) is 0. The Labute approximate surface area is 231 Å². The highest BCUT2D eigenvalue weighted by molar-refractivity contribution is 5.94. The molecule has 39 heavy (non-hydrogen) atoms. The predicted molar refractivity (Wildman–Crippen MR) is 156 cm³/mol. The largest absolute Gasteiger partial charge is 0.476 e. The van der Waals surface area contributed by atoms with Crippen LogP contribution in [0.2, 0.25) is 0 Å². The lowest BCUT2D eigenvalue weighted by Gasteiger charge is -2.38. The number of nitrogen functional groups attached to an aromatic ring is 1. The van der Waals surface area contributed by atoms with Crippen LogP contribution in [0.5, 0.6) is 5.88 Å². The number of anilines is 1. The number of nitrogens with zero attached hydrogens (tertiary/aromatic N) is 3. The van der Waals surface area contributed by atoms with Gasteiger partial charge >= 0.3 is 0 Å². The van der Waals surface area contributed by atoms with E-state index in [-0.39, 0.29) is 17.9 Å². The van der Waals surface area contributed by atoms with Crippen LogP contribution in [0.1, 0.15) is 66.7 Å². The van der Waals surface area contributed by atoms with E-state index in [9.17, 15) is 4.79 Å². The number of aromatic amines is 1. The number of rotatable bonds is 11. The lowest BCUT2D eigenvalue weighted by Crippen LogP contribution is -2.42. The van der Waals surface area contributed by atoms with Crippen molar-refractivity contribution in [3.05, 3.63) is 108 Å². The Bertz CT molecular complexity index is 1330. The number of hydrogen-bond acceptors (Lipinski definition) is 6. The Balaban J connectivity index is 0.000000353. The fourth-order valence-electron chi connectivity index (χ4n) is 4.40. The number of aromatic nitrogens is 3. The number of Topliss-reactive ketones (excluding diaryl/α,β-unsaturated/α-hetero) is 1. The lowest BCUT2D eigenvalue weighted by molar-refractivity contribution is 0.101. The van der Waals surface area contributed by atoms with Crippen LogP contribution < -0.4 is 10.5 Å². The van der Waals surface area contributed by atoms with Crippen LogP contribution in [0.4, 0.5) is 5.69 Å². The predicted octanol–water partition coefficient (Wildman–Crippen LogP) is 5.92. The highest BCUT2D eigenvalue weighted by Gasteiger charge is 2.28. The fourth-order valence-corrected chi connectivity index (χ4v) is 4.40. The van der Waals surface area contributed by atoms with E-state index in [0.717, 1.165) is 24.9 Å². The molecule has 0 fully saturated rings. The third-order valence-corrected chi connectivity index (χ3v) is 6.31. The molecule has 0 bridgehead atoms. The van der Waals surface area contributed by atoms with Crippen molar-refractivity contribution in [3.8, 4) is 18.2 Å². The van der Waals surface area contributed by atoms with E-state index in [1.165, 1.54) is 30.4 Å². The molecule has 0 saturated heterocycles. The first-order valence-corrected chi connectivity index (χ1v) is 13.2. The Morgan fingerprint density at radius 3 is 2.44 bits per heavy atom. The van der Waals surface area contributed by atoms with Crippen molar-refractivity contribution in [2.45, 2.75) is 45.7 Å². The molecule has 0 saturated carbocycles. The lowest BCUT2D eigenvalue weighted by atomic mass is 9.93. The average molecular weight is 524 g/mol. The van der Waals surface area contributed by atoms with Crippen molar-refractivity contribution < 1.29 is 9.53 Å². The molecule has 3 N–H and O–H groups in total. The molecule has 0 spiro atoms. The van der Waals surface area contributed by atoms with E-state index in [1.807, 2.05) is 18.2 Å². The van der Waals surface area contributed by atoms with E-state index < -0.39 is 0 Å². The van der Waals surface area contributed by atoms with E-state index in [1.54, 1.807) is 12.3 Å². The maximum absolute atomic E-state index is 10.7. The number of hydrogen-bond donors (Lipinski definition) is 2. The summed E-state index contributed by atoms with van der Waals surface area (Å²) in [6.07, 6.45) is 12.4. The van der Waals surface area contributed by atoms with Gasteiger partial charge in [-0.05, 0) is 55.6 Å². The van der Waals surface area contributed by atoms with E-state index in [4.69, 9.17) is 16.9 Å². The molecule has 2 unspecified atom stereocenters. The number of nitrogens with one attached hydrogen (secondary N) is 1. The maximum Gasteiger partial charge on any atom is 0.209 e. The first-order chi connectivity index (χ1) is 19.0. The van der Waals surface area contributed by atoms with Gasteiger partial charge in [-0.2, -0.15) is 5.10 Å². The van der Waals surface area contributed by atoms with Crippen LogP contribution in [0.15, 0.2) is 85.3 Å². The molecule has 0 amide bonds. The van der Waals surface area contributed by atoms with Gasteiger partial charge in [0.1, 0.15) is 6.61 Å². The normalized spacial score (nSPS) is 12.1. The zero-order valence-corrected chi connectivity index (χ0v) is 22.9. The van der Waals surface area contributed by atoms with Crippen LogP contribution in [0.3, 0.4) is 0 Å². The summed E-state index contributed by atoms with van der Waals surface area (Å²) < 4.78 is 6.00. The summed E-state index contributed by atoms with van der Waals surface area (Å²) in [5.74, 6) is 3.46. The number of carbonyl (C=O) groups excluding carboxylic acids is 1. The van der Waals surface area contributed by atoms with E-state index >= 15 is 0 Å². The van der Waals surface area contributed by atoms with Gasteiger partial charge in [-0.3, -0.25) is 14.7 Å². The number of pyridine rings is 1. The summed E-state index contributed by atoms with van der Waals surface area (Å²) in [5, 5.41) is 6.86. The van der Waals surface area contributed by atoms with Gasteiger partial charge in [-0.1, -0.05) is 62.2 Å². The Morgan fingerprint density at radius 1 is 1.08 bits per heavy atom. The second-order valence-electron chi connectivity index (χ2n) is 9.18. The van der Waals surface area contributed by atoms with Gasteiger partial charge in [0.15, 0.2) is 5.78 Å². The second kappa shape index (κ2) is 15.1. The van der Waals surface area contributed by atoms with Crippen LogP contribution in [0.25, 0.3) is 0 Å². The molecule has 0 radical (unpaired) electrons. The van der Waals surface area contributed by atoms with Gasteiger partial charge in [0.2, 0.25) is 5.88 Å². The van der Waals surface area contributed by atoms with E-state index in [2.05, 4.69) is 82.3 Å². The summed E-state index contributed by atoms with van der Waals surface area (Å²) in [5.41, 5.74) is 9.83. The Hall–Kier alpha value is -4.41. The molecule has 2 atom stereocenters. The van der Waals surface area contributed by atoms with Gasteiger partial charge < -0.3 is 10.5 Å². The van der Waals surface area contributed by atoms with E-state index in [0.29, 0.717) is 23.7 Å². The van der Waals surface area contributed by atoms with Gasteiger partial charge in [-0.25, -0.2) is 5.10 Å². The van der Waals surface area contributed by atoms with Crippen molar-refractivity contribution in [3.63, 3.8) is 0 Å². The number of ether oxygens (including phenoxy) is 1. The van der Waals surface area contributed by atoms with Crippen molar-refractivity contribution in [1.82, 2.24) is 20.1 Å². The first-order valence-electron chi connectivity index (χ1n) is 13.2. The molecular formula is C32H37N5O2. The smallest absolute Gasteiger partial charge is 0.209 e. The summed E-state index contributed by atoms with van der Waals surface area (Å²) in [6, 6.07) is 22.8. The molecule has 0 aliphatic carbocycles. The third kappa shape index (κ3) is 8.56. The number of benzene rings is 2. The minimum Gasteiger partial charge on any atom is -0.476 e. The molecule has 0 aliphatic heterocycles. The van der Waals surface area contributed by atoms with Gasteiger partial charge in [0.05, 0.1) is 17.9 Å². The third-order valence-electron chi connectivity index (χ3n) is 6.31. The van der Waals surface area contributed by atoms with Gasteiger partial charge in [-0.15, -0.1) is 6.42 Å². The SMILES string of the molecule is C#Cc1cccc(C(c2ccccc2)N(CCC)C(CC)COc2ccn[nH]2)c1.CC(=O)c1cncc(N)c1. The zero-order valence-electron chi connectivity index (χ0n) is 22.9. The molecule has 2 aromatic heterocycles. The molecule has 2 heterocycles. The van der Waals surface area contributed by atoms with Crippen LogP contribution in [0, 0.1) is 12.3 Å². The van der Waals surface area contributed by atoms with Crippen molar-refractivity contribution >= 4 is 11.5 Å². The Morgan fingerprint density at radius 2 is 1.85 bits per heavy atom. The highest BCUT2D eigenvalue weighted by atomic mass is 16.5. The summed E-state index contributed by atoms with van der Waals surface area (Å²) in [6.45, 7) is 7.47. The number of ketones is 1. The molecule has 7 heteroatoms. The standard InChI is InChI=1S/C25H29N3O.C7H8N2O/c1-4-17-28(23(6-3)19-29-24-15-16-26-27-24)25(21-12-8-7-9-13-21)22-14-10-11-20(5-2)18-22;1-5(10)6-2-7(8)4-9-3-6/h2,7-16,18,23,25H,4,6,17,19H2,1,3H3,(H,26,27);2-4H,8H2,1H3. The van der Waals surface area contributed by atoms with Crippen LogP contribution >= 0.6 is 0 Å². The number of terminal acetylenes is 1. The quantitative estimate of drug-likeness (QED) is 0.187. The number of nitrogens with two attached hydrogens (primary N) is 1. The molecule has 0 aliphatic rings. The summed E-state index contributed by atoms with van der Waals surface area (Å²) in [4.78, 5) is 17.0. The van der Waals surface area contributed by atoms with Crippen molar-refractivity contribution in [1.29, 1.82) is 0 Å². The van der Waals surface area contributed by atoms with Crippen molar-refractivity contribution in [2.24, 2.45) is 0 Å². The molecule has 2 aromatic carbocycles. The van der Waals surface area contributed by atoms with Crippen LogP contribution in [-0.4, -0.2) is 45.1 Å². The van der Waals surface area contributed by atoms with Gasteiger partial charge in [0.25, 0.3) is 0 Å². The summed E-state index contributed by atoms with van der Waals surface area (Å²) >= 11 is 0. The monoisotopic (exact) mass is 523 g/mol. The van der Waals surface area contributed by atoms with Crippen molar-refractivity contribution in [2.75, 3.05) is 18.9 Å². The number of carbonyl (C=O) groups is 1. The van der Waals surface area contributed by atoms with Gasteiger partial charge in [0, 0.05) is 35.6 Å². The molecular weight excluding hydrogens is 486 g/mol. The minimum absolute atomic E-state index is 0.0141. The molecule has 7 nitrogen and oxygen atoms in total. The Kier molecular flexibility index (Phi) is 11.3. The first kappa shape index (κ1) is 29.2.